The van der Waals surface area contributed by atoms with Gasteiger partial charge in [0.15, 0.2) is 11.5 Å². The molecular weight excluding hydrogens is 362 g/mol. The molecule has 0 aromatic heterocycles. The summed E-state index contributed by atoms with van der Waals surface area (Å²) in [7, 11) is 0. The predicted octanol–water partition coefficient (Wildman–Crippen LogP) is 5.43. The van der Waals surface area contributed by atoms with E-state index in [9.17, 15) is 5.11 Å². The van der Waals surface area contributed by atoms with Crippen LogP contribution in [0.5, 0.6) is 11.5 Å². The van der Waals surface area contributed by atoms with E-state index in [0.717, 1.165) is 47.7 Å². The minimum Gasteiger partial charge on any atom is -0.453 e. The number of aliphatic hydroxyl groups is 1. The summed E-state index contributed by atoms with van der Waals surface area (Å²) in [6.45, 7) is 0.519. The van der Waals surface area contributed by atoms with Crippen molar-refractivity contribution >= 4 is 11.4 Å². The highest BCUT2D eigenvalue weighted by Gasteiger charge is 2.40. The van der Waals surface area contributed by atoms with E-state index in [1.54, 1.807) is 0 Å². The largest absolute Gasteiger partial charge is 0.453 e. The number of benzene rings is 3. The van der Waals surface area contributed by atoms with E-state index in [1.807, 2.05) is 54.6 Å². The van der Waals surface area contributed by atoms with Crippen LogP contribution in [-0.2, 0) is 11.3 Å². The standard InChI is InChI=1S/C25H25NO3/c27-25-21(13-8-16-24(25)28-17-18-9-2-1-3-10-18)26-19-11-4-6-14-22(19)29-23-15-7-5-12-20(23)26/h1-7,9-12,14-15,21,24-25,27H,8,13,16-17H2/t21-,24-,25?/m0/s1. The molecule has 2 aliphatic rings. The van der Waals surface area contributed by atoms with Crippen LogP contribution < -0.4 is 9.64 Å². The summed E-state index contributed by atoms with van der Waals surface area (Å²) in [5, 5.41) is 11.3. The second kappa shape index (κ2) is 7.90. The highest BCUT2D eigenvalue weighted by atomic mass is 16.5. The third-order valence-electron chi connectivity index (χ3n) is 5.87. The molecular formula is C25H25NO3. The van der Waals surface area contributed by atoms with Gasteiger partial charge in [0, 0.05) is 0 Å². The number of fused-ring (bicyclic) bond motifs is 2. The van der Waals surface area contributed by atoms with E-state index < -0.39 is 6.10 Å². The van der Waals surface area contributed by atoms with Crippen molar-refractivity contribution in [1.29, 1.82) is 0 Å². The first kappa shape index (κ1) is 18.2. The van der Waals surface area contributed by atoms with Gasteiger partial charge in [-0.15, -0.1) is 0 Å². The van der Waals surface area contributed by atoms with Crippen molar-refractivity contribution in [3.8, 4) is 11.5 Å². The Labute approximate surface area is 171 Å². The Bertz CT molecular complexity index is 929. The maximum absolute atomic E-state index is 11.3. The first-order valence-corrected chi connectivity index (χ1v) is 10.3. The van der Waals surface area contributed by atoms with Crippen molar-refractivity contribution in [2.24, 2.45) is 0 Å². The molecule has 0 radical (unpaired) electrons. The van der Waals surface area contributed by atoms with Crippen LogP contribution in [-0.4, -0.2) is 23.4 Å². The van der Waals surface area contributed by atoms with Crippen LogP contribution in [0.1, 0.15) is 24.8 Å². The summed E-state index contributed by atoms with van der Waals surface area (Å²) in [5.74, 6) is 1.65. The molecule has 5 rings (SSSR count). The van der Waals surface area contributed by atoms with Gasteiger partial charge < -0.3 is 19.5 Å². The molecule has 4 heteroatoms. The van der Waals surface area contributed by atoms with E-state index in [2.05, 4.69) is 29.2 Å². The lowest BCUT2D eigenvalue weighted by atomic mass is 9.87. The Kier molecular flexibility index (Phi) is 4.96. The van der Waals surface area contributed by atoms with E-state index in [4.69, 9.17) is 9.47 Å². The van der Waals surface area contributed by atoms with Gasteiger partial charge in [-0.1, -0.05) is 54.6 Å². The third-order valence-corrected chi connectivity index (χ3v) is 5.87. The van der Waals surface area contributed by atoms with Crippen LogP contribution in [0, 0.1) is 0 Å². The molecule has 1 aliphatic heterocycles. The average molecular weight is 387 g/mol. The third kappa shape index (κ3) is 3.50. The molecule has 0 bridgehead atoms. The summed E-state index contributed by atoms with van der Waals surface area (Å²) >= 11 is 0. The molecule has 1 fully saturated rings. The van der Waals surface area contributed by atoms with Gasteiger partial charge in [-0.3, -0.25) is 0 Å². The number of para-hydroxylation sites is 4. The number of rotatable bonds is 4. The fourth-order valence-corrected chi connectivity index (χ4v) is 4.45. The number of ether oxygens (including phenoxy) is 2. The zero-order chi connectivity index (χ0) is 19.6. The van der Waals surface area contributed by atoms with Gasteiger partial charge in [0.1, 0.15) is 6.10 Å². The Balaban J connectivity index is 1.43. The van der Waals surface area contributed by atoms with Gasteiger partial charge in [0.25, 0.3) is 0 Å². The van der Waals surface area contributed by atoms with E-state index >= 15 is 0 Å². The van der Waals surface area contributed by atoms with Crippen molar-refractivity contribution in [2.75, 3.05) is 4.90 Å². The maximum atomic E-state index is 11.3. The van der Waals surface area contributed by atoms with Gasteiger partial charge in [0.2, 0.25) is 0 Å². The van der Waals surface area contributed by atoms with Crippen molar-refractivity contribution in [3.05, 3.63) is 84.4 Å². The first-order chi connectivity index (χ1) is 14.3. The number of hydrogen-bond donors (Lipinski definition) is 1. The Morgan fingerprint density at radius 3 is 2.14 bits per heavy atom. The van der Waals surface area contributed by atoms with Crippen molar-refractivity contribution in [1.82, 2.24) is 0 Å². The molecule has 0 saturated heterocycles. The molecule has 1 N–H and O–H groups in total. The maximum Gasteiger partial charge on any atom is 0.151 e. The molecule has 0 spiro atoms. The van der Waals surface area contributed by atoms with Crippen molar-refractivity contribution < 1.29 is 14.6 Å². The van der Waals surface area contributed by atoms with E-state index in [1.165, 1.54) is 0 Å². The normalized spacial score (nSPS) is 23.1. The second-order valence-corrected chi connectivity index (χ2v) is 7.73. The lowest BCUT2D eigenvalue weighted by Gasteiger charge is -2.44. The van der Waals surface area contributed by atoms with Gasteiger partial charge >= 0.3 is 0 Å². The molecule has 148 valence electrons. The minimum atomic E-state index is -0.577. The molecule has 29 heavy (non-hydrogen) atoms. The Morgan fingerprint density at radius 2 is 1.45 bits per heavy atom. The topological polar surface area (TPSA) is 41.9 Å². The van der Waals surface area contributed by atoms with Gasteiger partial charge in [-0.25, -0.2) is 0 Å². The first-order valence-electron chi connectivity index (χ1n) is 10.3. The fourth-order valence-electron chi connectivity index (χ4n) is 4.45. The molecule has 1 heterocycles. The summed E-state index contributed by atoms with van der Waals surface area (Å²) in [4.78, 5) is 2.25. The smallest absolute Gasteiger partial charge is 0.151 e. The van der Waals surface area contributed by atoms with Gasteiger partial charge in [0.05, 0.1) is 30.1 Å². The Morgan fingerprint density at radius 1 is 0.828 bits per heavy atom. The zero-order valence-electron chi connectivity index (χ0n) is 16.3. The molecule has 3 aromatic carbocycles. The van der Waals surface area contributed by atoms with Gasteiger partial charge in [-0.2, -0.15) is 0 Å². The van der Waals surface area contributed by atoms with Crippen molar-refractivity contribution in [3.63, 3.8) is 0 Å². The fraction of sp³-hybridized carbons (Fsp3) is 0.280. The molecule has 1 saturated carbocycles. The number of nitrogens with zero attached hydrogens (tertiary/aromatic N) is 1. The zero-order valence-corrected chi connectivity index (χ0v) is 16.3. The summed E-state index contributed by atoms with van der Waals surface area (Å²) < 4.78 is 12.3. The van der Waals surface area contributed by atoms with Crippen LogP contribution in [0.15, 0.2) is 78.9 Å². The molecule has 1 aliphatic carbocycles. The summed E-state index contributed by atoms with van der Waals surface area (Å²) in [5.41, 5.74) is 3.13. The van der Waals surface area contributed by atoms with Crippen LogP contribution in [0.25, 0.3) is 0 Å². The second-order valence-electron chi connectivity index (χ2n) is 7.73. The van der Waals surface area contributed by atoms with E-state index in [0.29, 0.717) is 6.61 Å². The average Bonchev–Trinajstić information content (AvgIpc) is 2.78. The highest BCUT2D eigenvalue weighted by Crippen LogP contribution is 2.49. The van der Waals surface area contributed by atoms with Crippen LogP contribution in [0.4, 0.5) is 11.4 Å². The van der Waals surface area contributed by atoms with Crippen LogP contribution >= 0.6 is 0 Å². The monoisotopic (exact) mass is 387 g/mol. The number of hydrogen-bond acceptors (Lipinski definition) is 4. The molecule has 3 atom stereocenters. The quantitative estimate of drug-likeness (QED) is 0.648. The van der Waals surface area contributed by atoms with Crippen LogP contribution in [0.2, 0.25) is 0 Å². The summed E-state index contributed by atoms with van der Waals surface area (Å²) in [6, 6.07) is 26.2. The lowest BCUT2D eigenvalue weighted by Crippen LogP contribution is -2.51. The Hall–Kier alpha value is -2.82. The molecule has 3 aromatic rings. The van der Waals surface area contributed by atoms with Gasteiger partial charge in [-0.05, 0) is 49.1 Å². The molecule has 4 nitrogen and oxygen atoms in total. The number of anilines is 2. The number of aliphatic hydroxyl groups excluding tert-OH is 1. The predicted molar refractivity (Wildman–Crippen MR) is 114 cm³/mol. The SMILES string of the molecule is OC1[C@@H](OCc2ccccc2)CCC[C@@H]1N1c2ccccc2Oc2ccccc21. The van der Waals surface area contributed by atoms with E-state index in [-0.39, 0.29) is 12.1 Å². The molecule has 1 unspecified atom stereocenters. The highest BCUT2D eigenvalue weighted by molar-refractivity contribution is 5.78. The molecule has 0 amide bonds. The van der Waals surface area contributed by atoms with Crippen LogP contribution in [0.3, 0.4) is 0 Å². The minimum absolute atomic E-state index is 0.0595. The summed E-state index contributed by atoms with van der Waals surface area (Å²) in [6.07, 6.45) is 2.04. The van der Waals surface area contributed by atoms with Crippen molar-refractivity contribution in [2.45, 2.75) is 44.1 Å². The lowest BCUT2D eigenvalue weighted by molar-refractivity contribution is -0.0740.